The van der Waals surface area contributed by atoms with E-state index in [1.54, 1.807) is 0 Å². The molecular formula is C19H18ClNO2S. The molecule has 3 aromatic rings. The predicted molar refractivity (Wildman–Crippen MR) is 99.3 cm³/mol. The van der Waals surface area contributed by atoms with Gasteiger partial charge in [0.1, 0.15) is 11.5 Å². The Hall–Kier alpha value is -1.91. The van der Waals surface area contributed by atoms with Gasteiger partial charge in [0.05, 0.1) is 10.2 Å². The van der Waals surface area contributed by atoms with Crippen molar-refractivity contribution in [1.82, 2.24) is 4.98 Å². The molecule has 0 unspecified atom stereocenters. The molecular weight excluding hydrogens is 342 g/mol. The van der Waals surface area contributed by atoms with E-state index >= 15 is 0 Å². The third-order valence-corrected chi connectivity index (χ3v) is 4.65. The summed E-state index contributed by atoms with van der Waals surface area (Å²) in [5.74, 6) is 1.37. The van der Waals surface area contributed by atoms with Crippen molar-refractivity contribution in [2.45, 2.75) is 26.7 Å². The maximum Gasteiger partial charge on any atom is 0.279 e. The highest BCUT2D eigenvalue weighted by Crippen LogP contribution is 2.32. The first kappa shape index (κ1) is 16.9. The lowest BCUT2D eigenvalue weighted by Gasteiger charge is -2.05. The zero-order chi connectivity index (χ0) is 17.1. The first-order valence-electron chi connectivity index (χ1n) is 7.84. The van der Waals surface area contributed by atoms with Gasteiger partial charge < -0.3 is 4.74 Å². The molecule has 0 N–H and O–H groups in total. The fraction of sp³-hybridized carbons (Fsp3) is 0.263. The number of aromatic nitrogens is 1. The fourth-order valence-corrected chi connectivity index (χ4v) is 3.44. The van der Waals surface area contributed by atoms with Crippen LogP contribution in [0.4, 0.5) is 0 Å². The smallest absolute Gasteiger partial charge is 0.279 e. The number of hydrogen-bond donors (Lipinski definition) is 0. The lowest BCUT2D eigenvalue weighted by atomic mass is 10.0. The van der Waals surface area contributed by atoms with Crippen molar-refractivity contribution in [3.05, 3.63) is 53.1 Å². The average Bonchev–Trinajstić information content (AvgIpc) is 2.89. The molecule has 2 aromatic carbocycles. The van der Waals surface area contributed by atoms with Gasteiger partial charge in [-0.05, 0) is 41.8 Å². The number of thiazole rings is 1. The summed E-state index contributed by atoms with van der Waals surface area (Å²) in [6.45, 7) is 4.11. The van der Waals surface area contributed by atoms with Crippen LogP contribution in [0.15, 0.2) is 42.5 Å². The standard InChI is InChI=1S/C19H18ClNO2S/c1-12(2)9-15(22)10-13-3-6-16(7-4-13)23-19-21-17-11-14(20)5-8-18(17)24-19/h3-8,11-12H,9-10H2,1-2H3. The Bertz CT molecular complexity index is 855. The van der Waals surface area contributed by atoms with E-state index in [1.807, 2.05) is 42.5 Å². The predicted octanol–water partition coefficient (Wildman–Crippen LogP) is 5.90. The topological polar surface area (TPSA) is 39.2 Å². The summed E-state index contributed by atoms with van der Waals surface area (Å²) in [4.78, 5) is 16.3. The van der Waals surface area contributed by atoms with Gasteiger partial charge in [-0.3, -0.25) is 4.79 Å². The fourth-order valence-electron chi connectivity index (χ4n) is 2.45. The number of halogens is 1. The molecule has 0 saturated carbocycles. The summed E-state index contributed by atoms with van der Waals surface area (Å²) in [6.07, 6.45) is 1.09. The number of benzene rings is 2. The molecule has 0 spiro atoms. The van der Waals surface area contributed by atoms with Gasteiger partial charge in [0.2, 0.25) is 0 Å². The van der Waals surface area contributed by atoms with E-state index in [4.69, 9.17) is 16.3 Å². The molecule has 3 nitrogen and oxygen atoms in total. The highest BCUT2D eigenvalue weighted by molar-refractivity contribution is 7.20. The molecule has 0 saturated heterocycles. The van der Waals surface area contributed by atoms with Crippen molar-refractivity contribution >= 4 is 38.9 Å². The van der Waals surface area contributed by atoms with Gasteiger partial charge >= 0.3 is 0 Å². The van der Waals surface area contributed by atoms with Crippen LogP contribution in [0.2, 0.25) is 5.02 Å². The summed E-state index contributed by atoms with van der Waals surface area (Å²) in [5, 5.41) is 1.24. The number of ketones is 1. The Morgan fingerprint density at radius 3 is 2.67 bits per heavy atom. The minimum Gasteiger partial charge on any atom is -0.431 e. The molecule has 5 heteroatoms. The first-order chi connectivity index (χ1) is 11.5. The minimum absolute atomic E-state index is 0.265. The summed E-state index contributed by atoms with van der Waals surface area (Å²) in [7, 11) is 0. The zero-order valence-electron chi connectivity index (χ0n) is 13.6. The van der Waals surface area contributed by atoms with Crippen LogP contribution in [0.3, 0.4) is 0 Å². The Balaban J connectivity index is 1.67. The molecule has 0 aliphatic rings. The van der Waals surface area contributed by atoms with Gasteiger partial charge in [-0.1, -0.05) is 48.9 Å². The average molecular weight is 360 g/mol. The molecule has 24 heavy (non-hydrogen) atoms. The Kier molecular flexibility index (Phi) is 5.17. The van der Waals surface area contributed by atoms with Gasteiger partial charge in [-0.15, -0.1) is 0 Å². The van der Waals surface area contributed by atoms with Crippen LogP contribution in [0.1, 0.15) is 25.8 Å². The number of rotatable bonds is 6. The molecule has 0 aliphatic heterocycles. The van der Waals surface area contributed by atoms with Gasteiger partial charge in [0.15, 0.2) is 0 Å². The zero-order valence-corrected chi connectivity index (χ0v) is 15.2. The van der Waals surface area contributed by atoms with Crippen LogP contribution in [0, 0.1) is 5.92 Å². The highest BCUT2D eigenvalue weighted by atomic mass is 35.5. The van der Waals surface area contributed by atoms with Gasteiger partial charge in [0.25, 0.3) is 5.19 Å². The van der Waals surface area contributed by atoms with Gasteiger partial charge in [-0.25, -0.2) is 4.98 Å². The molecule has 0 bridgehead atoms. The second kappa shape index (κ2) is 7.32. The molecule has 0 aliphatic carbocycles. The third kappa shape index (κ3) is 4.34. The van der Waals surface area contributed by atoms with E-state index < -0.39 is 0 Å². The SMILES string of the molecule is CC(C)CC(=O)Cc1ccc(Oc2nc3cc(Cl)ccc3s2)cc1. The summed E-state index contributed by atoms with van der Waals surface area (Å²) < 4.78 is 6.84. The normalized spacial score (nSPS) is 11.2. The maximum atomic E-state index is 11.9. The van der Waals surface area contributed by atoms with Crippen LogP contribution in [0.25, 0.3) is 10.2 Å². The van der Waals surface area contributed by atoms with Crippen molar-refractivity contribution in [2.75, 3.05) is 0 Å². The Labute approximate surface area is 150 Å². The summed E-state index contributed by atoms with van der Waals surface area (Å²) in [5.41, 5.74) is 1.84. The second-order valence-electron chi connectivity index (χ2n) is 6.15. The minimum atomic E-state index is 0.265. The maximum absolute atomic E-state index is 11.9. The van der Waals surface area contributed by atoms with E-state index in [0.717, 1.165) is 15.8 Å². The van der Waals surface area contributed by atoms with Crippen molar-refractivity contribution in [3.8, 4) is 10.9 Å². The van der Waals surface area contributed by atoms with Crippen molar-refractivity contribution in [3.63, 3.8) is 0 Å². The number of carbonyl (C=O) groups excluding carboxylic acids is 1. The quantitative estimate of drug-likeness (QED) is 0.550. The molecule has 1 aromatic heterocycles. The number of Topliss-reactive ketones (excluding diaryl/α,β-unsaturated/α-hetero) is 1. The number of hydrogen-bond acceptors (Lipinski definition) is 4. The molecule has 0 radical (unpaired) electrons. The number of ether oxygens (including phenoxy) is 1. The second-order valence-corrected chi connectivity index (χ2v) is 7.58. The van der Waals surface area contributed by atoms with E-state index in [1.165, 1.54) is 11.3 Å². The van der Waals surface area contributed by atoms with E-state index in [2.05, 4.69) is 18.8 Å². The van der Waals surface area contributed by atoms with Crippen LogP contribution in [-0.2, 0) is 11.2 Å². The lowest BCUT2D eigenvalue weighted by molar-refractivity contribution is -0.119. The van der Waals surface area contributed by atoms with Crippen molar-refractivity contribution in [1.29, 1.82) is 0 Å². The third-order valence-electron chi connectivity index (χ3n) is 3.50. The van der Waals surface area contributed by atoms with Crippen molar-refractivity contribution < 1.29 is 9.53 Å². The largest absolute Gasteiger partial charge is 0.431 e. The molecule has 0 atom stereocenters. The van der Waals surface area contributed by atoms with Crippen LogP contribution in [0.5, 0.6) is 10.9 Å². The van der Waals surface area contributed by atoms with E-state index in [0.29, 0.717) is 34.7 Å². The monoisotopic (exact) mass is 359 g/mol. The van der Waals surface area contributed by atoms with Crippen molar-refractivity contribution in [2.24, 2.45) is 5.92 Å². The van der Waals surface area contributed by atoms with Gasteiger partial charge in [0, 0.05) is 17.9 Å². The first-order valence-corrected chi connectivity index (χ1v) is 9.03. The highest BCUT2D eigenvalue weighted by Gasteiger charge is 2.09. The molecule has 124 valence electrons. The van der Waals surface area contributed by atoms with Crippen LogP contribution in [-0.4, -0.2) is 10.8 Å². The van der Waals surface area contributed by atoms with E-state index in [9.17, 15) is 4.79 Å². The van der Waals surface area contributed by atoms with E-state index in [-0.39, 0.29) is 5.78 Å². The van der Waals surface area contributed by atoms with Crippen LogP contribution >= 0.6 is 22.9 Å². The number of carbonyl (C=O) groups is 1. The van der Waals surface area contributed by atoms with Gasteiger partial charge in [-0.2, -0.15) is 0 Å². The number of nitrogens with zero attached hydrogens (tertiary/aromatic N) is 1. The Morgan fingerprint density at radius 1 is 1.21 bits per heavy atom. The molecule has 0 fully saturated rings. The summed E-state index contributed by atoms with van der Waals surface area (Å²) in [6, 6.07) is 13.2. The summed E-state index contributed by atoms with van der Waals surface area (Å²) >= 11 is 7.45. The Morgan fingerprint density at radius 2 is 1.96 bits per heavy atom. The molecule has 1 heterocycles. The lowest BCUT2D eigenvalue weighted by Crippen LogP contribution is -2.06. The molecule has 3 rings (SSSR count). The molecule has 0 amide bonds. The van der Waals surface area contributed by atoms with Crippen LogP contribution < -0.4 is 4.74 Å². The number of fused-ring (bicyclic) bond motifs is 1.